The van der Waals surface area contributed by atoms with Crippen LogP contribution in [0.1, 0.15) is 74.3 Å². The van der Waals surface area contributed by atoms with E-state index in [-0.39, 0.29) is 0 Å². The first-order valence-corrected chi connectivity index (χ1v) is 11.6. The molecule has 2 nitrogen and oxygen atoms in total. The van der Waals surface area contributed by atoms with Gasteiger partial charge in [0.2, 0.25) is 0 Å². The number of hydrogen-bond acceptors (Lipinski definition) is 2. The van der Waals surface area contributed by atoms with E-state index < -0.39 is 0 Å². The highest BCUT2D eigenvalue weighted by Crippen LogP contribution is 2.37. The van der Waals surface area contributed by atoms with Crippen molar-refractivity contribution < 1.29 is 4.74 Å². The molecule has 156 valence electrons. The molecule has 1 N–H and O–H groups in total. The minimum Gasteiger partial charge on any atom is -0.384 e. The Labute approximate surface area is 177 Å². The first kappa shape index (κ1) is 20.6. The summed E-state index contributed by atoms with van der Waals surface area (Å²) in [5.41, 5.74) is 5.72. The molecule has 2 saturated carbocycles. The number of benzene rings is 2. The molecule has 0 saturated heterocycles. The topological polar surface area (TPSA) is 21.3 Å². The van der Waals surface area contributed by atoms with Crippen LogP contribution >= 0.6 is 0 Å². The van der Waals surface area contributed by atoms with Crippen LogP contribution < -0.4 is 5.32 Å². The van der Waals surface area contributed by atoms with Crippen LogP contribution in [-0.4, -0.2) is 26.8 Å². The lowest BCUT2D eigenvalue weighted by molar-refractivity contribution is 0.127. The van der Waals surface area contributed by atoms with E-state index in [9.17, 15) is 0 Å². The molecule has 29 heavy (non-hydrogen) atoms. The third-order valence-electron chi connectivity index (χ3n) is 7.48. The quantitative estimate of drug-likeness (QED) is 0.605. The van der Waals surface area contributed by atoms with Crippen LogP contribution in [0.3, 0.4) is 0 Å². The molecule has 0 heterocycles. The molecule has 2 heteroatoms. The van der Waals surface area contributed by atoms with Crippen molar-refractivity contribution in [1.82, 2.24) is 5.32 Å². The highest BCUT2D eigenvalue weighted by atomic mass is 16.5. The molecule has 0 bridgehead atoms. The summed E-state index contributed by atoms with van der Waals surface area (Å²) in [5, 5.41) is 3.44. The second kappa shape index (κ2) is 9.91. The molecule has 2 aromatic rings. The van der Waals surface area contributed by atoms with Gasteiger partial charge in [-0.15, -0.1) is 0 Å². The lowest BCUT2D eigenvalue weighted by Gasteiger charge is -2.28. The van der Waals surface area contributed by atoms with Crippen LogP contribution in [0.25, 0.3) is 11.1 Å². The summed E-state index contributed by atoms with van der Waals surface area (Å²) in [6.07, 6.45) is 10.4. The van der Waals surface area contributed by atoms with Crippen molar-refractivity contribution in [3.05, 3.63) is 59.7 Å². The molecule has 2 aliphatic carbocycles. The highest BCUT2D eigenvalue weighted by Gasteiger charge is 2.23. The number of rotatable bonds is 6. The molecule has 2 aliphatic rings. The Morgan fingerprint density at radius 2 is 1.14 bits per heavy atom. The molecular formula is C27H37NO. The van der Waals surface area contributed by atoms with Gasteiger partial charge in [0, 0.05) is 19.8 Å². The average Bonchev–Trinajstić information content (AvgIpc) is 2.80. The largest absolute Gasteiger partial charge is 0.384 e. The smallest absolute Gasteiger partial charge is 0.0490 e. The van der Waals surface area contributed by atoms with Crippen molar-refractivity contribution in [2.75, 3.05) is 20.8 Å². The number of ether oxygens (including phenoxy) is 1. The van der Waals surface area contributed by atoms with E-state index in [2.05, 4.69) is 60.9 Å². The third kappa shape index (κ3) is 5.10. The fraction of sp³-hybridized carbons (Fsp3) is 0.556. The van der Waals surface area contributed by atoms with Crippen molar-refractivity contribution in [3.63, 3.8) is 0 Å². The van der Waals surface area contributed by atoms with Gasteiger partial charge in [0.05, 0.1) is 0 Å². The number of methoxy groups -OCH3 is 1. The molecule has 0 unspecified atom stereocenters. The maximum atomic E-state index is 5.34. The van der Waals surface area contributed by atoms with Crippen LogP contribution in [0.2, 0.25) is 0 Å². The summed E-state index contributed by atoms with van der Waals surface area (Å²) in [7, 11) is 3.92. The summed E-state index contributed by atoms with van der Waals surface area (Å²) >= 11 is 0. The van der Waals surface area contributed by atoms with E-state index in [1.807, 2.05) is 7.11 Å². The SMILES string of the molecule is CNC1CCC(c2ccc(-c3ccc(C4CCC(COC)CC4)cc3)cc2)CC1. The molecule has 0 amide bonds. The van der Waals surface area contributed by atoms with Crippen LogP contribution in [0.5, 0.6) is 0 Å². The number of nitrogens with one attached hydrogen (secondary N) is 1. The highest BCUT2D eigenvalue weighted by molar-refractivity contribution is 5.64. The van der Waals surface area contributed by atoms with Gasteiger partial charge in [-0.2, -0.15) is 0 Å². The zero-order chi connectivity index (χ0) is 20.1. The van der Waals surface area contributed by atoms with Gasteiger partial charge in [-0.3, -0.25) is 0 Å². The Morgan fingerprint density at radius 3 is 1.55 bits per heavy atom. The second-order valence-corrected chi connectivity index (χ2v) is 9.25. The van der Waals surface area contributed by atoms with Gasteiger partial charge in [-0.05, 0) is 98.4 Å². The first-order chi connectivity index (χ1) is 14.3. The van der Waals surface area contributed by atoms with Gasteiger partial charge in [0.15, 0.2) is 0 Å². The van der Waals surface area contributed by atoms with Gasteiger partial charge in [-0.1, -0.05) is 48.5 Å². The van der Waals surface area contributed by atoms with Crippen LogP contribution in [0.4, 0.5) is 0 Å². The van der Waals surface area contributed by atoms with Crippen LogP contribution in [0, 0.1) is 5.92 Å². The zero-order valence-corrected chi connectivity index (χ0v) is 18.2. The average molecular weight is 392 g/mol. The lowest BCUT2D eigenvalue weighted by Crippen LogP contribution is -2.29. The molecule has 0 aliphatic heterocycles. The zero-order valence-electron chi connectivity index (χ0n) is 18.2. The Hall–Kier alpha value is -1.64. The van der Waals surface area contributed by atoms with Crippen LogP contribution in [-0.2, 0) is 4.74 Å². The Bertz CT molecular complexity index is 735. The summed E-state index contributed by atoms with van der Waals surface area (Å²) in [4.78, 5) is 0. The van der Waals surface area contributed by atoms with Gasteiger partial charge < -0.3 is 10.1 Å². The minimum atomic E-state index is 0.721. The van der Waals surface area contributed by atoms with Crippen molar-refractivity contribution in [2.24, 2.45) is 5.92 Å². The monoisotopic (exact) mass is 391 g/mol. The van der Waals surface area contributed by atoms with Crippen molar-refractivity contribution in [1.29, 1.82) is 0 Å². The maximum Gasteiger partial charge on any atom is 0.0490 e. The first-order valence-electron chi connectivity index (χ1n) is 11.6. The maximum absolute atomic E-state index is 5.34. The van der Waals surface area contributed by atoms with Gasteiger partial charge in [-0.25, -0.2) is 0 Å². The molecule has 0 spiro atoms. The molecule has 0 atom stereocenters. The summed E-state index contributed by atoms with van der Waals surface area (Å²) in [6.45, 7) is 0.929. The van der Waals surface area contributed by atoms with Crippen molar-refractivity contribution in [2.45, 2.75) is 69.2 Å². The third-order valence-corrected chi connectivity index (χ3v) is 7.48. The fourth-order valence-corrected chi connectivity index (χ4v) is 5.51. The van der Waals surface area contributed by atoms with Crippen LogP contribution in [0.15, 0.2) is 48.5 Å². The molecule has 4 rings (SSSR count). The van der Waals surface area contributed by atoms with Gasteiger partial charge in [0.1, 0.15) is 0 Å². The predicted molar refractivity (Wildman–Crippen MR) is 123 cm³/mol. The van der Waals surface area contributed by atoms with E-state index in [1.54, 1.807) is 0 Å². The second-order valence-electron chi connectivity index (χ2n) is 9.25. The predicted octanol–water partition coefficient (Wildman–Crippen LogP) is 6.52. The number of hydrogen-bond donors (Lipinski definition) is 1. The standard InChI is InChI=1S/C27H37NO/c1-28-27-17-15-26(16-18-27)25-13-11-24(12-14-25)23-9-7-22(8-10-23)21-5-3-20(4-6-21)19-29-2/h7-14,20-21,26-28H,3-6,15-19H2,1-2H3. The molecular weight excluding hydrogens is 354 g/mol. The normalized spacial score (nSPS) is 27.7. The Kier molecular flexibility index (Phi) is 7.05. The van der Waals surface area contributed by atoms with Gasteiger partial charge in [0.25, 0.3) is 0 Å². The fourth-order valence-electron chi connectivity index (χ4n) is 5.51. The molecule has 2 fully saturated rings. The molecule has 0 radical (unpaired) electrons. The molecule has 2 aromatic carbocycles. The van der Waals surface area contributed by atoms with Crippen molar-refractivity contribution >= 4 is 0 Å². The summed E-state index contributed by atoms with van der Waals surface area (Å²) in [6, 6.07) is 19.5. The van der Waals surface area contributed by atoms with Gasteiger partial charge >= 0.3 is 0 Å². The Morgan fingerprint density at radius 1 is 0.690 bits per heavy atom. The summed E-state index contributed by atoms with van der Waals surface area (Å²) in [5.74, 6) is 2.24. The Balaban J connectivity index is 1.36. The van der Waals surface area contributed by atoms with E-state index in [0.717, 1.165) is 30.4 Å². The van der Waals surface area contributed by atoms with E-state index in [4.69, 9.17) is 4.74 Å². The van der Waals surface area contributed by atoms with E-state index in [1.165, 1.54) is 73.6 Å². The lowest BCUT2D eigenvalue weighted by atomic mass is 9.79. The minimum absolute atomic E-state index is 0.721. The van der Waals surface area contributed by atoms with E-state index >= 15 is 0 Å². The van der Waals surface area contributed by atoms with E-state index in [0.29, 0.717) is 0 Å². The summed E-state index contributed by atoms with van der Waals surface area (Å²) < 4.78 is 5.34. The van der Waals surface area contributed by atoms with Crippen molar-refractivity contribution in [3.8, 4) is 11.1 Å². The molecule has 0 aromatic heterocycles.